The molecule has 1 unspecified atom stereocenters. The molecule has 1 aliphatic heterocycles. The number of carbonyl (C=O) groups is 2. The second kappa shape index (κ2) is 7.07. The van der Waals surface area contributed by atoms with E-state index >= 15 is 0 Å². The zero-order valence-corrected chi connectivity index (χ0v) is 12.9. The Morgan fingerprint density at radius 3 is 2.76 bits per heavy atom. The topological polar surface area (TPSA) is 58.6 Å². The predicted octanol–water partition coefficient (Wildman–Crippen LogP) is 1.63. The Balaban J connectivity index is 1.87. The monoisotopic (exact) mass is 294 g/mol. The van der Waals surface area contributed by atoms with E-state index in [1.165, 1.54) is 25.3 Å². The van der Waals surface area contributed by atoms with Crippen LogP contribution in [-0.2, 0) is 14.3 Å². The molecule has 0 radical (unpaired) electrons. The molecule has 1 spiro atoms. The first-order chi connectivity index (χ1) is 10.0. The third-order valence-electron chi connectivity index (χ3n) is 4.35. The Morgan fingerprint density at radius 2 is 2.10 bits per heavy atom. The van der Waals surface area contributed by atoms with Crippen LogP contribution in [0.5, 0.6) is 0 Å². The molecule has 21 heavy (non-hydrogen) atoms. The Bertz CT molecular complexity index is 402. The number of ether oxygens (including phenoxy) is 1. The van der Waals surface area contributed by atoms with Gasteiger partial charge in [0.1, 0.15) is 0 Å². The van der Waals surface area contributed by atoms with E-state index in [1.807, 2.05) is 11.8 Å². The molecule has 2 rings (SSSR count). The van der Waals surface area contributed by atoms with Crippen molar-refractivity contribution in [3.63, 3.8) is 0 Å². The van der Waals surface area contributed by atoms with Crippen molar-refractivity contribution in [2.24, 2.45) is 0 Å². The van der Waals surface area contributed by atoms with Crippen molar-refractivity contribution < 1.29 is 14.3 Å². The van der Waals surface area contributed by atoms with Crippen molar-refractivity contribution in [1.29, 1.82) is 0 Å². The number of carbonyl (C=O) groups excluding carboxylic acids is 2. The molecule has 1 heterocycles. The van der Waals surface area contributed by atoms with E-state index in [4.69, 9.17) is 4.74 Å². The number of hydrogen-bond donors (Lipinski definition) is 1. The van der Waals surface area contributed by atoms with Gasteiger partial charge in [0.05, 0.1) is 11.7 Å². The van der Waals surface area contributed by atoms with E-state index in [0.717, 1.165) is 12.8 Å². The first-order valence-corrected chi connectivity index (χ1v) is 7.90. The molecule has 5 nitrogen and oxygen atoms in total. The zero-order chi connectivity index (χ0) is 15.3. The number of nitrogens with zero attached hydrogens (tertiary/aromatic N) is 1. The fraction of sp³-hybridized carbons (Fsp3) is 0.750. The van der Waals surface area contributed by atoms with Crippen LogP contribution in [0.1, 0.15) is 45.4 Å². The molecule has 1 N–H and O–H groups in total. The van der Waals surface area contributed by atoms with Gasteiger partial charge in [-0.15, -0.1) is 0 Å². The summed E-state index contributed by atoms with van der Waals surface area (Å²) in [6, 6.07) is 0. The van der Waals surface area contributed by atoms with Gasteiger partial charge in [0.2, 0.25) is 11.8 Å². The van der Waals surface area contributed by atoms with Crippen LogP contribution in [0.2, 0.25) is 0 Å². The molecule has 2 fully saturated rings. The average molecular weight is 294 g/mol. The minimum atomic E-state index is -0.234. The number of hydrogen-bond acceptors (Lipinski definition) is 3. The van der Waals surface area contributed by atoms with Crippen LogP contribution < -0.4 is 5.32 Å². The molecular formula is C16H26N2O3. The summed E-state index contributed by atoms with van der Waals surface area (Å²) >= 11 is 0. The Hall–Kier alpha value is -1.36. The molecule has 118 valence electrons. The molecule has 0 aromatic heterocycles. The van der Waals surface area contributed by atoms with Gasteiger partial charge in [0.25, 0.3) is 0 Å². The molecule has 1 saturated heterocycles. The largest absolute Gasteiger partial charge is 0.368 e. The van der Waals surface area contributed by atoms with Crippen LogP contribution >= 0.6 is 0 Å². The number of nitrogens with one attached hydrogen (secondary N) is 1. The Kier molecular flexibility index (Phi) is 5.39. The molecule has 5 heteroatoms. The highest BCUT2D eigenvalue weighted by atomic mass is 16.5. The summed E-state index contributed by atoms with van der Waals surface area (Å²) in [7, 11) is 0. The quantitative estimate of drug-likeness (QED) is 0.802. The third kappa shape index (κ3) is 4.30. The summed E-state index contributed by atoms with van der Waals surface area (Å²) in [4.78, 5) is 25.3. The highest BCUT2D eigenvalue weighted by molar-refractivity contribution is 5.87. The van der Waals surface area contributed by atoms with Crippen LogP contribution in [0.25, 0.3) is 0 Å². The summed E-state index contributed by atoms with van der Waals surface area (Å²) < 4.78 is 6.18. The van der Waals surface area contributed by atoms with Crippen LogP contribution in [0.4, 0.5) is 0 Å². The fourth-order valence-corrected chi connectivity index (χ4v) is 3.41. The molecule has 0 aromatic carbocycles. The van der Waals surface area contributed by atoms with E-state index in [1.54, 1.807) is 0 Å². The second-order valence-corrected chi connectivity index (χ2v) is 6.19. The highest BCUT2D eigenvalue weighted by Gasteiger charge is 2.41. The Labute approximate surface area is 126 Å². The Morgan fingerprint density at radius 1 is 1.38 bits per heavy atom. The van der Waals surface area contributed by atoms with Gasteiger partial charge in [-0.1, -0.05) is 25.8 Å². The number of morpholine rings is 1. The highest BCUT2D eigenvalue weighted by Crippen LogP contribution is 2.36. The van der Waals surface area contributed by atoms with Gasteiger partial charge in [-0.2, -0.15) is 0 Å². The summed E-state index contributed by atoms with van der Waals surface area (Å²) in [5.41, 5.74) is -0.129. The summed E-state index contributed by atoms with van der Waals surface area (Å²) in [6.45, 7) is 7.14. The van der Waals surface area contributed by atoms with Crippen molar-refractivity contribution in [1.82, 2.24) is 10.2 Å². The number of rotatable bonds is 4. The molecule has 0 bridgehead atoms. The van der Waals surface area contributed by atoms with Crippen molar-refractivity contribution >= 4 is 11.8 Å². The molecular weight excluding hydrogens is 268 g/mol. The molecule has 2 amide bonds. The van der Waals surface area contributed by atoms with Gasteiger partial charge in [-0.3, -0.25) is 9.59 Å². The molecule has 1 saturated carbocycles. The molecule has 1 aliphatic carbocycles. The standard InChI is InChI=1S/C16H26N2O3/c1-3-14(19)17-10-7-15(20)18-11-13(2)21-16(12-18)8-5-4-6-9-16/h3,13H,1,4-12H2,2H3,(H,17,19). The van der Waals surface area contributed by atoms with Gasteiger partial charge in [0, 0.05) is 26.1 Å². The fourth-order valence-electron chi connectivity index (χ4n) is 3.41. The van der Waals surface area contributed by atoms with Crippen molar-refractivity contribution in [3.05, 3.63) is 12.7 Å². The van der Waals surface area contributed by atoms with Gasteiger partial charge < -0.3 is 15.0 Å². The predicted molar refractivity (Wildman–Crippen MR) is 80.8 cm³/mol. The molecule has 1 atom stereocenters. The first kappa shape index (κ1) is 16.0. The van der Waals surface area contributed by atoms with E-state index in [2.05, 4.69) is 11.9 Å². The summed E-state index contributed by atoms with van der Waals surface area (Å²) in [5, 5.41) is 2.65. The van der Waals surface area contributed by atoms with Crippen LogP contribution in [-0.4, -0.2) is 48.1 Å². The smallest absolute Gasteiger partial charge is 0.243 e. The lowest BCUT2D eigenvalue weighted by Gasteiger charge is -2.47. The SMILES string of the molecule is C=CC(=O)NCCC(=O)N1CC(C)OC2(CCCCC2)C1. The van der Waals surface area contributed by atoms with Gasteiger partial charge in [-0.25, -0.2) is 0 Å². The maximum absolute atomic E-state index is 12.3. The van der Waals surface area contributed by atoms with Gasteiger partial charge >= 0.3 is 0 Å². The van der Waals surface area contributed by atoms with Crippen LogP contribution in [0.3, 0.4) is 0 Å². The van der Waals surface area contributed by atoms with E-state index in [9.17, 15) is 9.59 Å². The first-order valence-electron chi connectivity index (χ1n) is 7.90. The minimum absolute atomic E-state index is 0.0866. The molecule has 0 aromatic rings. The lowest BCUT2D eigenvalue weighted by Crippen LogP contribution is -2.57. The lowest BCUT2D eigenvalue weighted by atomic mass is 9.83. The van der Waals surface area contributed by atoms with Crippen LogP contribution in [0, 0.1) is 0 Å². The maximum atomic E-state index is 12.3. The number of amides is 2. The second-order valence-electron chi connectivity index (χ2n) is 6.19. The van der Waals surface area contributed by atoms with Crippen molar-refractivity contribution in [2.45, 2.75) is 57.2 Å². The zero-order valence-electron chi connectivity index (χ0n) is 12.9. The normalized spacial score (nSPS) is 24.6. The van der Waals surface area contributed by atoms with Crippen molar-refractivity contribution in [3.8, 4) is 0 Å². The lowest BCUT2D eigenvalue weighted by molar-refractivity contribution is -0.175. The maximum Gasteiger partial charge on any atom is 0.243 e. The minimum Gasteiger partial charge on any atom is -0.368 e. The van der Waals surface area contributed by atoms with Crippen molar-refractivity contribution in [2.75, 3.05) is 19.6 Å². The van der Waals surface area contributed by atoms with Gasteiger partial charge in [0.15, 0.2) is 0 Å². The van der Waals surface area contributed by atoms with E-state index < -0.39 is 0 Å². The summed E-state index contributed by atoms with van der Waals surface area (Å²) in [6.07, 6.45) is 7.38. The summed E-state index contributed by atoms with van der Waals surface area (Å²) in [5.74, 6) is -0.138. The van der Waals surface area contributed by atoms with E-state index in [-0.39, 0.29) is 23.5 Å². The van der Waals surface area contributed by atoms with E-state index in [0.29, 0.717) is 26.1 Å². The van der Waals surface area contributed by atoms with Crippen LogP contribution in [0.15, 0.2) is 12.7 Å². The average Bonchev–Trinajstić information content (AvgIpc) is 2.46. The third-order valence-corrected chi connectivity index (χ3v) is 4.35. The molecule has 2 aliphatic rings. The van der Waals surface area contributed by atoms with Gasteiger partial charge in [-0.05, 0) is 25.8 Å².